The summed E-state index contributed by atoms with van der Waals surface area (Å²) in [7, 11) is 4.72. The molecule has 0 atom stereocenters. The molecule has 12 heavy (non-hydrogen) atoms. The molecule has 0 unspecified atom stereocenters. The van der Waals surface area contributed by atoms with Crippen molar-refractivity contribution in [1.82, 2.24) is 0 Å². The number of thiocarbonyl (C=S) groups is 2. The number of rotatable bonds is 3. The molecule has 0 aromatic carbocycles. The van der Waals surface area contributed by atoms with Crippen LogP contribution < -0.4 is 0 Å². The molecule has 70 valence electrons. The van der Waals surface area contributed by atoms with Crippen LogP contribution in [0.3, 0.4) is 0 Å². The molecule has 0 aromatic heterocycles. The van der Waals surface area contributed by atoms with E-state index in [4.69, 9.17) is 33.9 Å². The van der Waals surface area contributed by atoms with Gasteiger partial charge in [0.2, 0.25) is 0 Å². The van der Waals surface area contributed by atoms with Crippen LogP contribution in [0.2, 0.25) is 0 Å². The van der Waals surface area contributed by atoms with Gasteiger partial charge in [-0.25, -0.2) is 0 Å². The fourth-order valence-corrected chi connectivity index (χ4v) is 9.26. The molecule has 7 heteroatoms. The van der Waals surface area contributed by atoms with E-state index in [1.165, 1.54) is 0 Å². The van der Waals surface area contributed by atoms with E-state index in [9.17, 15) is 0 Å². The normalized spacial score (nSPS) is 9.17. The van der Waals surface area contributed by atoms with Crippen molar-refractivity contribution in [1.29, 1.82) is 0 Å². The van der Waals surface area contributed by atoms with E-state index < -0.39 is 0 Å². The fourth-order valence-electron chi connectivity index (χ4n) is 0.248. The third-order valence-corrected chi connectivity index (χ3v) is 10.6. The molecule has 0 saturated heterocycles. The molecule has 0 aliphatic heterocycles. The molecular weight excluding hydrogens is 348 g/mol. The Morgan fingerprint density at radius 3 is 2.42 bits per heavy atom. The SMILES string of the molecule is CCOC(=S)S[Te]SC(=S)OC. The Labute approximate surface area is 98.5 Å². The molecular formula is C5H8O2S4Te. The number of hydrogen-bond donors (Lipinski definition) is 0. The van der Waals surface area contributed by atoms with Crippen LogP contribution in [-0.4, -0.2) is 40.7 Å². The van der Waals surface area contributed by atoms with Crippen LogP contribution in [0.1, 0.15) is 6.92 Å². The standard InChI is InChI=1S/C5H8O2S4Te/c1-3-7-5(9)11-12-10-4(8)6-2/h3H2,1-2H3. The van der Waals surface area contributed by atoms with Crippen LogP contribution in [-0.2, 0) is 9.47 Å². The monoisotopic (exact) mass is 358 g/mol. The Kier molecular flexibility index (Phi) is 9.79. The van der Waals surface area contributed by atoms with Gasteiger partial charge in [-0.05, 0) is 0 Å². The number of methoxy groups -OCH3 is 1. The van der Waals surface area contributed by atoms with Gasteiger partial charge in [0.15, 0.2) is 0 Å². The molecule has 0 rings (SSSR count). The summed E-state index contributed by atoms with van der Waals surface area (Å²) in [6, 6.07) is 0. The van der Waals surface area contributed by atoms with Crippen LogP contribution in [0.4, 0.5) is 0 Å². The molecule has 0 aromatic rings. The second-order valence-electron chi connectivity index (χ2n) is 1.37. The van der Waals surface area contributed by atoms with Crippen LogP contribution in [0.15, 0.2) is 0 Å². The third-order valence-electron chi connectivity index (χ3n) is 0.633. The Morgan fingerprint density at radius 1 is 1.33 bits per heavy atom. The van der Waals surface area contributed by atoms with Gasteiger partial charge in [-0.15, -0.1) is 0 Å². The van der Waals surface area contributed by atoms with Gasteiger partial charge in [0.25, 0.3) is 0 Å². The first-order valence-electron chi connectivity index (χ1n) is 2.96. The first kappa shape index (κ1) is 13.3. The second kappa shape index (κ2) is 8.85. The maximum atomic E-state index is 5.09. The first-order chi connectivity index (χ1) is 5.70. The molecule has 0 amide bonds. The van der Waals surface area contributed by atoms with E-state index in [0.29, 0.717) is 15.4 Å². The van der Waals surface area contributed by atoms with Gasteiger partial charge >= 0.3 is 99.5 Å². The van der Waals surface area contributed by atoms with Crippen molar-refractivity contribution in [2.24, 2.45) is 0 Å². The van der Waals surface area contributed by atoms with Gasteiger partial charge in [-0.1, -0.05) is 0 Å². The van der Waals surface area contributed by atoms with E-state index in [1.54, 1.807) is 25.1 Å². The number of ether oxygens (including phenoxy) is 2. The van der Waals surface area contributed by atoms with E-state index in [-0.39, 0.29) is 18.2 Å². The zero-order valence-electron chi connectivity index (χ0n) is 6.56. The van der Waals surface area contributed by atoms with E-state index >= 15 is 0 Å². The zero-order valence-corrected chi connectivity index (χ0v) is 12.2. The van der Waals surface area contributed by atoms with E-state index in [1.807, 2.05) is 6.92 Å². The predicted octanol–water partition coefficient (Wildman–Crippen LogP) is 2.24. The Balaban J connectivity index is 3.30. The summed E-state index contributed by atoms with van der Waals surface area (Å²) in [5.74, 6) is 0. The maximum absolute atomic E-state index is 5.09. The molecule has 0 fully saturated rings. The summed E-state index contributed by atoms with van der Waals surface area (Å²) >= 11 is 9.42. The van der Waals surface area contributed by atoms with Crippen molar-refractivity contribution in [2.45, 2.75) is 6.92 Å². The van der Waals surface area contributed by atoms with Gasteiger partial charge in [0.05, 0.1) is 0 Å². The van der Waals surface area contributed by atoms with E-state index in [2.05, 4.69) is 0 Å². The van der Waals surface area contributed by atoms with Gasteiger partial charge in [0, 0.05) is 0 Å². The molecule has 2 nitrogen and oxygen atoms in total. The number of hydrogen-bond acceptors (Lipinski definition) is 6. The van der Waals surface area contributed by atoms with Gasteiger partial charge in [0.1, 0.15) is 0 Å². The van der Waals surface area contributed by atoms with Crippen molar-refractivity contribution in [3.8, 4) is 0 Å². The predicted molar refractivity (Wildman–Crippen MR) is 64.8 cm³/mol. The van der Waals surface area contributed by atoms with Crippen LogP contribution in [0.25, 0.3) is 0 Å². The average molecular weight is 356 g/mol. The van der Waals surface area contributed by atoms with Gasteiger partial charge in [-0.3, -0.25) is 0 Å². The van der Waals surface area contributed by atoms with E-state index in [0.717, 1.165) is 0 Å². The topological polar surface area (TPSA) is 18.5 Å². The first-order valence-corrected chi connectivity index (χ1v) is 11.0. The van der Waals surface area contributed by atoms with Gasteiger partial charge < -0.3 is 0 Å². The van der Waals surface area contributed by atoms with Gasteiger partial charge in [-0.2, -0.15) is 0 Å². The Morgan fingerprint density at radius 2 is 1.92 bits per heavy atom. The molecule has 0 radical (unpaired) electrons. The summed E-state index contributed by atoms with van der Waals surface area (Å²) in [6.45, 7) is 2.55. The molecule has 0 N–H and O–H groups in total. The summed E-state index contributed by atoms with van der Waals surface area (Å²) in [4.78, 5) is 0. The summed E-state index contributed by atoms with van der Waals surface area (Å²) in [5, 5.41) is 0. The van der Waals surface area contributed by atoms with Crippen molar-refractivity contribution in [2.75, 3.05) is 13.7 Å². The van der Waals surface area contributed by atoms with Crippen molar-refractivity contribution in [3.63, 3.8) is 0 Å². The van der Waals surface area contributed by atoms with Crippen LogP contribution in [0, 0.1) is 0 Å². The van der Waals surface area contributed by atoms with Crippen LogP contribution >= 0.6 is 42.4 Å². The summed E-state index contributed by atoms with van der Waals surface area (Å²) < 4.78 is 11.1. The average Bonchev–Trinajstić information content (AvgIpc) is 2.04. The van der Waals surface area contributed by atoms with Crippen LogP contribution in [0.5, 0.6) is 0 Å². The minimum atomic E-state index is -0.340. The van der Waals surface area contributed by atoms with Crippen molar-refractivity contribution in [3.05, 3.63) is 0 Å². The zero-order chi connectivity index (χ0) is 9.40. The molecule has 0 aliphatic carbocycles. The second-order valence-corrected chi connectivity index (χ2v) is 10.6. The molecule has 0 bridgehead atoms. The summed E-state index contributed by atoms with van der Waals surface area (Å²) in [6.07, 6.45) is 0. The fraction of sp³-hybridized carbons (Fsp3) is 0.600. The van der Waals surface area contributed by atoms with Crippen molar-refractivity contribution >= 4 is 69.4 Å². The van der Waals surface area contributed by atoms with Crippen molar-refractivity contribution < 1.29 is 9.47 Å². The Hall–Kier alpha value is 1.27. The Bertz CT molecular complexity index is 164. The molecule has 0 spiro atoms. The quantitative estimate of drug-likeness (QED) is 0.567. The summed E-state index contributed by atoms with van der Waals surface area (Å²) in [5.41, 5.74) is 0. The molecule has 0 aliphatic rings. The molecule has 0 saturated carbocycles. The third kappa shape index (κ3) is 7.90. The minimum absolute atomic E-state index is 0.340. The molecule has 0 heterocycles.